The summed E-state index contributed by atoms with van der Waals surface area (Å²) >= 11 is 5.97. The van der Waals surface area contributed by atoms with Crippen LogP contribution in [0.5, 0.6) is 0 Å². The van der Waals surface area contributed by atoms with E-state index >= 15 is 0 Å². The van der Waals surface area contributed by atoms with Crippen LogP contribution >= 0.6 is 27.3 Å². The molecule has 0 bridgehead atoms. The topological polar surface area (TPSA) is 0 Å². The van der Waals surface area contributed by atoms with E-state index in [1.165, 1.54) is 9.86 Å². The molecule has 0 aromatic carbocycles. The summed E-state index contributed by atoms with van der Waals surface area (Å²) in [5.41, 5.74) is 0. The predicted octanol–water partition coefficient (Wildman–Crippen LogP) is 2.72. The van der Waals surface area contributed by atoms with Gasteiger partial charge in [-0.15, -0.1) is 0 Å². The van der Waals surface area contributed by atoms with E-state index in [2.05, 4.69) is 32.3 Å². The van der Waals surface area contributed by atoms with E-state index in [0.717, 1.165) is 0 Å². The minimum atomic E-state index is 0.613. The van der Waals surface area contributed by atoms with Gasteiger partial charge in [-0.25, -0.2) is 0 Å². The van der Waals surface area contributed by atoms with Gasteiger partial charge in [-0.05, 0) is 0 Å². The Morgan fingerprint density at radius 2 is 2.44 bits per heavy atom. The van der Waals surface area contributed by atoms with Crippen LogP contribution in [0.25, 0.3) is 8.96 Å². The molecule has 2 aromatic rings. The van der Waals surface area contributed by atoms with Crippen LogP contribution in [0.3, 0.4) is 0 Å². The zero-order valence-electron chi connectivity index (χ0n) is 4.43. The van der Waals surface area contributed by atoms with Crippen molar-refractivity contribution in [2.45, 2.75) is 0 Å². The number of rotatable bonds is 0. The van der Waals surface area contributed by atoms with Crippen molar-refractivity contribution in [2.75, 3.05) is 0 Å². The molecule has 0 aliphatic rings. The molecular weight excluding hydrogens is 263 g/mol. The Hall–Kier alpha value is 0.439. The summed E-state index contributed by atoms with van der Waals surface area (Å²) in [6, 6.07) is 2.18. The quantitative estimate of drug-likeness (QED) is 0.643. The molecule has 0 spiro atoms. The number of fused-ring (bicyclic) bond motifs is 1. The molecule has 2 heterocycles. The van der Waals surface area contributed by atoms with E-state index in [0.29, 0.717) is 14.5 Å². The van der Waals surface area contributed by atoms with Gasteiger partial charge in [0.1, 0.15) is 0 Å². The predicted molar refractivity (Wildman–Crippen MR) is 46.5 cm³/mol. The molecule has 2 aromatic heterocycles. The monoisotopic (exact) mass is 266 g/mol. The maximum atomic E-state index is 3.50. The van der Waals surface area contributed by atoms with Gasteiger partial charge in [-0.1, -0.05) is 0 Å². The molecule has 3 heteroatoms. The summed E-state index contributed by atoms with van der Waals surface area (Å²) in [6.07, 6.45) is 0. The van der Waals surface area contributed by atoms with Gasteiger partial charge in [0, 0.05) is 0 Å². The van der Waals surface area contributed by atoms with Crippen molar-refractivity contribution < 1.29 is 0 Å². The van der Waals surface area contributed by atoms with Gasteiger partial charge < -0.3 is 0 Å². The van der Waals surface area contributed by atoms with Gasteiger partial charge in [0.25, 0.3) is 0 Å². The second-order valence-electron chi connectivity index (χ2n) is 1.71. The average molecular weight is 266 g/mol. The molecule has 46 valence electrons. The van der Waals surface area contributed by atoms with Crippen molar-refractivity contribution in [3.05, 3.63) is 20.9 Å². The zero-order chi connectivity index (χ0) is 6.27. The van der Waals surface area contributed by atoms with Crippen molar-refractivity contribution in [1.82, 2.24) is 0 Å². The Kier molecular flexibility index (Phi) is 1.54. The molecule has 0 atom stereocenters. The summed E-state index contributed by atoms with van der Waals surface area (Å²) in [7, 11) is 0. The van der Waals surface area contributed by atoms with Crippen molar-refractivity contribution in [2.24, 2.45) is 0 Å². The Balaban J connectivity index is 2.99. The fourth-order valence-corrected chi connectivity index (χ4v) is 4.96. The summed E-state index contributed by atoms with van der Waals surface area (Å²) in [6.45, 7) is 0. The summed E-state index contributed by atoms with van der Waals surface area (Å²) < 4.78 is 2.84. The Labute approximate surface area is 71.4 Å². The van der Waals surface area contributed by atoms with Crippen LogP contribution in [0.4, 0.5) is 0 Å². The van der Waals surface area contributed by atoms with Crippen LogP contribution in [-0.2, 0) is 0 Å². The van der Waals surface area contributed by atoms with E-state index in [1.807, 2.05) is 11.3 Å². The SMILES string of the molecule is Brc1c[se]c2sccc12. The van der Waals surface area contributed by atoms with E-state index in [9.17, 15) is 0 Å². The van der Waals surface area contributed by atoms with Crippen LogP contribution in [0.15, 0.2) is 20.9 Å². The van der Waals surface area contributed by atoms with E-state index in [4.69, 9.17) is 0 Å². The standard InChI is InChI=1S/C6H3BrSSe/c7-5-3-9-6-4(5)1-2-8-6/h1-3H. The van der Waals surface area contributed by atoms with E-state index < -0.39 is 0 Å². The number of halogens is 1. The first-order valence-corrected chi connectivity index (χ1v) is 6.00. The van der Waals surface area contributed by atoms with Crippen LogP contribution in [0.2, 0.25) is 0 Å². The molecule has 0 radical (unpaired) electrons. The first kappa shape index (κ1) is 6.17. The van der Waals surface area contributed by atoms with E-state index in [1.54, 1.807) is 3.57 Å². The number of hydrogen-bond donors (Lipinski definition) is 0. The first-order chi connectivity index (χ1) is 4.38. The first-order valence-electron chi connectivity index (χ1n) is 2.48. The third kappa shape index (κ3) is 0.926. The molecule has 0 N–H and O–H groups in total. The molecule has 9 heavy (non-hydrogen) atoms. The molecule has 0 saturated carbocycles. The summed E-state index contributed by atoms with van der Waals surface area (Å²) in [5.74, 6) is 0. The van der Waals surface area contributed by atoms with Crippen molar-refractivity contribution in [3.63, 3.8) is 0 Å². The molecule has 0 unspecified atom stereocenters. The van der Waals surface area contributed by atoms with Crippen LogP contribution in [0.1, 0.15) is 0 Å². The minimum absolute atomic E-state index is 0.613. The van der Waals surface area contributed by atoms with Gasteiger partial charge in [0.15, 0.2) is 0 Å². The molecular formula is C6H3BrSSe. The van der Waals surface area contributed by atoms with E-state index in [-0.39, 0.29) is 0 Å². The Morgan fingerprint density at radius 1 is 1.56 bits per heavy atom. The fourth-order valence-electron chi connectivity index (χ4n) is 0.732. The molecule has 0 aliphatic heterocycles. The second kappa shape index (κ2) is 2.24. The normalized spacial score (nSPS) is 10.8. The molecule has 2 rings (SSSR count). The van der Waals surface area contributed by atoms with Gasteiger partial charge >= 0.3 is 71.6 Å². The van der Waals surface area contributed by atoms with Crippen molar-refractivity contribution in [1.29, 1.82) is 0 Å². The van der Waals surface area contributed by atoms with Crippen molar-refractivity contribution >= 4 is 50.7 Å². The third-order valence-electron chi connectivity index (χ3n) is 1.16. The van der Waals surface area contributed by atoms with Gasteiger partial charge in [-0.2, -0.15) is 0 Å². The maximum absolute atomic E-state index is 3.50. The Morgan fingerprint density at radius 3 is 3.22 bits per heavy atom. The fraction of sp³-hybridized carbons (Fsp3) is 0. The summed E-state index contributed by atoms with van der Waals surface area (Å²) in [5, 5.41) is 3.57. The number of hydrogen-bond acceptors (Lipinski definition) is 1. The van der Waals surface area contributed by atoms with Crippen molar-refractivity contribution in [3.8, 4) is 0 Å². The second-order valence-corrected chi connectivity index (χ2v) is 5.90. The zero-order valence-corrected chi connectivity index (χ0v) is 8.54. The van der Waals surface area contributed by atoms with Gasteiger partial charge in [0.2, 0.25) is 0 Å². The number of thiophene rings is 1. The molecule has 0 saturated heterocycles. The molecule has 0 nitrogen and oxygen atoms in total. The molecule has 0 amide bonds. The van der Waals surface area contributed by atoms with Crippen LogP contribution < -0.4 is 0 Å². The summed E-state index contributed by atoms with van der Waals surface area (Å²) in [4.78, 5) is 2.27. The average Bonchev–Trinajstić information content (AvgIpc) is 2.35. The molecule has 0 aliphatic carbocycles. The van der Waals surface area contributed by atoms with Gasteiger partial charge in [-0.3, -0.25) is 0 Å². The van der Waals surface area contributed by atoms with Gasteiger partial charge in [0.05, 0.1) is 0 Å². The third-order valence-corrected chi connectivity index (χ3v) is 5.96. The van der Waals surface area contributed by atoms with Crippen LogP contribution in [-0.4, -0.2) is 14.5 Å². The Bertz CT molecular complexity index is 322. The van der Waals surface area contributed by atoms with Crippen LogP contribution in [0, 0.1) is 0 Å². The molecule has 0 fully saturated rings.